The van der Waals surface area contributed by atoms with Crippen LogP contribution in [0.25, 0.3) is 0 Å². The average molecular weight is 236 g/mol. The van der Waals surface area contributed by atoms with Gasteiger partial charge in [-0.3, -0.25) is 10.1 Å². The van der Waals surface area contributed by atoms with E-state index in [0.717, 1.165) is 25.1 Å². The first kappa shape index (κ1) is 11.9. The molecule has 17 heavy (non-hydrogen) atoms. The molecule has 2 rings (SSSR count). The van der Waals surface area contributed by atoms with Crippen LogP contribution in [0.2, 0.25) is 0 Å². The van der Waals surface area contributed by atoms with Crippen molar-refractivity contribution >= 4 is 11.4 Å². The van der Waals surface area contributed by atoms with E-state index in [4.69, 9.17) is 4.74 Å². The average Bonchev–Trinajstić information content (AvgIpc) is 2.29. The van der Waals surface area contributed by atoms with E-state index < -0.39 is 4.92 Å². The lowest BCUT2D eigenvalue weighted by Crippen LogP contribution is -2.45. The minimum atomic E-state index is -0.396. The molecule has 0 saturated heterocycles. The third-order valence-corrected chi connectivity index (χ3v) is 3.39. The largest absolute Gasteiger partial charge is 0.382 e. The Labute approximate surface area is 99.9 Å². The van der Waals surface area contributed by atoms with Gasteiger partial charge in [-0.25, -0.2) is 0 Å². The number of nitro groups is 1. The highest BCUT2D eigenvalue weighted by Gasteiger charge is 2.36. The number of nitrogens with zero attached hydrogens (tertiary/aromatic N) is 1. The smallest absolute Gasteiger partial charge is 0.269 e. The first-order valence-electron chi connectivity index (χ1n) is 5.69. The summed E-state index contributed by atoms with van der Waals surface area (Å²) in [5.74, 6) is 0. The van der Waals surface area contributed by atoms with Crippen LogP contribution in [0.4, 0.5) is 11.4 Å². The van der Waals surface area contributed by atoms with Crippen molar-refractivity contribution in [3.8, 4) is 0 Å². The summed E-state index contributed by atoms with van der Waals surface area (Å²) in [7, 11) is 1.73. The molecule has 0 amide bonds. The zero-order valence-electron chi connectivity index (χ0n) is 9.81. The number of hydrogen-bond acceptors (Lipinski definition) is 4. The summed E-state index contributed by atoms with van der Waals surface area (Å²) in [6.45, 7) is 0.751. The van der Waals surface area contributed by atoms with Crippen molar-refractivity contribution in [1.82, 2.24) is 0 Å². The molecule has 0 atom stereocenters. The first-order chi connectivity index (χ1) is 8.15. The van der Waals surface area contributed by atoms with Crippen LogP contribution >= 0.6 is 0 Å². The van der Waals surface area contributed by atoms with E-state index in [1.165, 1.54) is 18.6 Å². The van der Waals surface area contributed by atoms with Crippen molar-refractivity contribution in [1.29, 1.82) is 0 Å². The fourth-order valence-electron chi connectivity index (χ4n) is 1.99. The number of nitrogens with one attached hydrogen (secondary N) is 1. The number of anilines is 1. The Hall–Kier alpha value is -1.62. The van der Waals surface area contributed by atoms with Crippen LogP contribution in [0.3, 0.4) is 0 Å². The Morgan fingerprint density at radius 1 is 1.41 bits per heavy atom. The first-order valence-corrected chi connectivity index (χ1v) is 5.69. The van der Waals surface area contributed by atoms with Crippen molar-refractivity contribution in [2.24, 2.45) is 0 Å². The van der Waals surface area contributed by atoms with Crippen LogP contribution in [-0.2, 0) is 4.74 Å². The zero-order valence-corrected chi connectivity index (χ0v) is 9.81. The van der Waals surface area contributed by atoms with Crippen LogP contribution in [0, 0.1) is 10.1 Å². The number of rotatable bonds is 5. The monoisotopic (exact) mass is 236 g/mol. The molecule has 0 aromatic heterocycles. The van der Waals surface area contributed by atoms with Gasteiger partial charge < -0.3 is 10.1 Å². The van der Waals surface area contributed by atoms with Crippen molar-refractivity contribution in [3.63, 3.8) is 0 Å². The molecule has 0 radical (unpaired) electrons. The molecule has 5 nitrogen and oxygen atoms in total. The van der Waals surface area contributed by atoms with E-state index in [2.05, 4.69) is 5.32 Å². The summed E-state index contributed by atoms with van der Waals surface area (Å²) in [4.78, 5) is 10.1. The predicted octanol–water partition coefficient (Wildman–Crippen LogP) is 2.58. The van der Waals surface area contributed by atoms with Crippen LogP contribution in [0.5, 0.6) is 0 Å². The second-order valence-corrected chi connectivity index (χ2v) is 4.40. The summed E-state index contributed by atoms with van der Waals surface area (Å²) in [6, 6.07) is 6.45. The molecule has 92 valence electrons. The number of non-ortho nitro benzene ring substituents is 1. The van der Waals surface area contributed by atoms with E-state index in [9.17, 15) is 10.1 Å². The Morgan fingerprint density at radius 2 is 2.06 bits per heavy atom. The van der Waals surface area contributed by atoms with Gasteiger partial charge in [0, 0.05) is 31.5 Å². The van der Waals surface area contributed by atoms with Crippen molar-refractivity contribution in [2.45, 2.75) is 24.9 Å². The van der Waals surface area contributed by atoms with Crippen LogP contribution in [-0.4, -0.2) is 24.2 Å². The van der Waals surface area contributed by atoms with Crippen molar-refractivity contribution in [3.05, 3.63) is 34.4 Å². The summed E-state index contributed by atoms with van der Waals surface area (Å²) in [5.41, 5.74) is 0.960. The fraction of sp³-hybridized carbons (Fsp3) is 0.500. The van der Waals surface area contributed by atoms with Gasteiger partial charge >= 0.3 is 0 Å². The SMILES string of the molecule is COC1(CNc2ccc([N+](=O)[O-])cc2)CCC1. The van der Waals surface area contributed by atoms with Gasteiger partial charge in [-0.15, -0.1) is 0 Å². The third-order valence-electron chi connectivity index (χ3n) is 3.39. The standard InChI is InChI=1S/C12H16N2O3/c1-17-12(7-2-8-12)9-13-10-3-5-11(6-4-10)14(15)16/h3-6,13H,2,7-9H2,1H3. The Bertz CT molecular complexity index is 393. The van der Waals surface area contributed by atoms with Crippen LogP contribution in [0.1, 0.15) is 19.3 Å². The summed E-state index contributed by atoms with van der Waals surface area (Å²) < 4.78 is 5.49. The van der Waals surface area contributed by atoms with E-state index in [1.807, 2.05) is 0 Å². The molecule has 0 bridgehead atoms. The predicted molar refractivity (Wildman–Crippen MR) is 65.2 cm³/mol. The number of methoxy groups -OCH3 is 1. The van der Waals surface area contributed by atoms with E-state index >= 15 is 0 Å². The number of hydrogen-bond donors (Lipinski definition) is 1. The molecule has 0 unspecified atom stereocenters. The molecule has 0 heterocycles. The highest BCUT2D eigenvalue weighted by molar-refractivity contribution is 5.48. The molecule has 0 spiro atoms. The Balaban J connectivity index is 1.93. The van der Waals surface area contributed by atoms with Gasteiger partial charge in [0.15, 0.2) is 0 Å². The highest BCUT2D eigenvalue weighted by Crippen LogP contribution is 2.35. The molecule has 1 saturated carbocycles. The maximum absolute atomic E-state index is 10.5. The van der Waals surface area contributed by atoms with Crippen molar-refractivity contribution < 1.29 is 9.66 Å². The zero-order chi connectivity index (χ0) is 12.3. The number of ether oxygens (including phenoxy) is 1. The molecule has 1 aliphatic rings. The summed E-state index contributed by atoms with van der Waals surface area (Å²) >= 11 is 0. The molecule has 1 aromatic carbocycles. The molecule has 0 aliphatic heterocycles. The van der Waals surface area contributed by atoms with Gasteiger partial charge in [0.05, 0.1) is 10.5 Å². The molecule has 1 aliphatic carbocycles. The van der Waals surface area contributed by atoms with Gasteiger partial charge in [0.1, 0.15) is 0 Å². The Kier molecular flexibility index (Phi) is 3.28. The normalized spacial score (nSPS) is 17.2. The number of benzene rings is 1. The van der Waals surface area contributed by atoms with Gasteiger partial charge in [-0.1, -0.05) is 0 Å². The summed E-state index contributed by atoms with van der Waals surface area (Å²) in [5, 5.41) is 13.8. The second-order valence-electron chi connectivity index (χ2n) is 4.40. The van der Waals surface area contributed by atoms with Crippen molar-refractivity contribution in [2.75, 3.05) is 19.0 Å². The lowest BCUT2D eigenvalue weighted by molar-refractivity contribution is -0.384. The third kappa shape index (κ3) is 2.55. The molecule has 1 fully saturated rings. The van der Waals surface area contributed by atoms with Gasteiger partial charge in [-0.05, 0) is 31.4 Å². The second kappa shape index (κ2) is 4.71. The maximum atomic E-state index is 10.5. The Morgan fingerprint density at radius 3 is 2.47 bits per heavy atom. The van der Waals surface area contributed by atoms with Gasteiger partial charge in [0.25, 0.3) is 5.69 Å². The van der Waals surface area contributed by atoms with E-state index in [1.54, 1.807) is 19.2 Å². The van der Waals surface area contributed by atoms with E-state index in [-0.39, 0.29) is 11.3 Å². The van der Waals surface area contributed by atoms with Crippen LogP contribution < -0.4 is 5.32 Å². The van der Waals surface area contributed by atoms with Gasteiger partial charge in [-0.2, -0.15) is 0 Å². The topological polar surface area (TPSA) is 64.4 Å². The molecule has 5 heteroatoms. The highest BCUT2D eigenvalue weighted by atomic mass is 16.6. The maximum Gasteiger partial charge on any atom is 0.269 e. The summed E-state index contributed by atoms with van der Waals surface area (Å²) in [6.07, 6.45) is 3.35. The molecule has 1 N–H and O–H groups in total. The molecule has 1 aromatic rings. The quantitative estimate of drug-likeness (QED) is 0.630. The van der Waals surface area contributed by atoms with Crippen LogP contribution in [0.15, 0.2) is 24.3 Å². The minimum Gasteiger partial charge on any atom is -0.382 e. The van der Waals surface area contributed by atoms with E-state index in [0.29, 0.717) is 0 Å². The lowest BCUT2D eigenvalue weighted by atomic mass is 9.80. The molecular weight excluding hydrogens is 220 g/mol. The molecular formula is C12H16N2O3. The minimum absolute atomic E-state index is 0.0399. The number of nitro benzene ring substituents is 1. The van der Waals surface area contributed by atoms with Gasteiger partial charge in [0.2, 0.25) is 0 Å². The lowest BCUT2D eigenvalue weighted by Gasteiger charge is -2.40. The fourth-order valence-corrected chi connectivity index (χ4v) is 1.99.